The summed E-state index contributed by atoms with van der Waals surface area (Å²) in [6, 6.07) is 12.4. The predicted octanol–water partition coefficient (Wildman–Crippen LogP) is 8.73. The summed E-state index contributed by atoms with van der Waals surface area (Å²) in [6.45, 7) is 20.4. The molecule has 0 saturated carbocycles. The van der Waals surface area contributed by atoms with Gasteiger partial charge in [-0.1, -0.05) is 61.3 Å². The van der Waals surface area contributed by atoms with E-state index in [1.165, 1.54) is 13.2 Å². The number of ether oxygens (including phenoxy) is 4. The van der Waals surface area contributed by atoms with E-state index in [4.69, 9.17) is 23.9 Å². The van der Waals surface area contributed by atoms with Crippen molar-refractivity contribution in [1.82, 2.24) is 14.1 Å². The Morgan fingerprint density at radius 3 is 2.24 bits per heavy atom. The van der Waals surface area contributed by atoms with E-state index in [9.17, 15) is 4.79 Å². The number of allylic oxidation sites excluding steroid dienone is 1. The Morgan fingerprint density at radius 2 is 1.63 bits per heavy atom. The number of fused-ring (bicyclic) bond motifs is 2. The Labute approximate surface area is 284 Å². The molecule has 4 aromatic rings. The summed E-state index contributed by atoms with van der Waals surface area (Å²) in [7, 11) is 0.570. The number of nitrogens with zero attached hydrogens (tertiary/aromatic N) is 3. The van der Waals surface area contributed by atoms with Crippen molar-refractivity contribution in [2.75, 3.05) is 27.4 Å². The largest absolute Gasteiger partial charge is 0.496 e. The molecular formula is C35H50BrN3O5Si2. The molecule has 1 atom stereocenters. The normalized spacial score (nSPS) is 14.0. The lowest BCUT2D eigenvalue weighted by atomic mass is 9.78. The van der Waals surface area contributed by atoms with Crippen LogP contribution in [0.1, 0.15) is 23.9 Å². The van der Waals surface area contributed by atoms with Crippen LogP contribution in [-0.4, -0.2) is 63.7 Å². The molecule has 8 nitrogen and oxygen atoms in total. The number of halogens is 1. The van der Waals surface area contributed by atoms with Gasteiger partial charge < -0.3 is 28.1 Å². The summed E-state index contributed by atoms with van der Waals surface area (Å²) in [6.07, 6.45) is 5.43. The zero-order chi connectivity index (χ0) is 33.9. The molecule has 2 heterocycles. The fourth-order valence-corrected chi connectivity index (χ4v) is 7.52. The zero-order valence-electron chi connectivity index (χ0n) is 29.1. The number of hydrogen-bond donors (Lipinski definition) is 0. The highest BCUT2D eigenvalue weighted by Crippen LogP contribution is 2.45. The summed E-state index contributed by atoms with van der Waals surface area (Å²) in [5, 5.41) is 1.00. The minimum atomic E-state index is -1.29. The van der Waals surface area contributed by atoms with Crippen LogP contribution in [0.15, 0.2) is 53.2 Å². The van der Waals surface area contributed by atoms with Crippen LogP contribution in [0.4, 0.5) is 0 Å². The maximum atomic E-state index is 12.6. The molecule has 1 unspecified atom stereocenters. The third-order valence-electron chi connectivity index (χ3n) is 8.31. The highest BCUT2D eigenvalue weighted by atomic mass is 79.9. The Kier molecular flexibility index (Phi) is 11.5. The van der Waals surface area contributed by atoms with Gasteiger partial charge in [-0.2, -0.15) is 0 Å². The number of rotatable bonds is 15. The fraction of sp³-hybridized carbons (Fsp3) is 0.486. The molecule has 0 radical (unpaired) electrons. The fourth-order valence-electron chi connectivity index (χ4n) is 5.66. The molecule has 11 heteroatoms. The van der Waals surface area contributed by atoms with Gasteiger partial charge in [0.25, 0.3) is 0 Å². The van der Waals surface area contributed by atoms with Crippen molar-refractivity contribution in [2.45, 2.75) is 84.1 Å². The van der Waals surface area contributed by atoms with Gasteiger partial charge in [0.05, 0.1) is 36.2 Å². The minimum absolute atomic E-state index is 0.317. The van der Waals surface area contributed by atoms with Gasteiger partial charge in [0.1, 0.15) is 25.0 Å². The average Bonchev–Trinajstić information content (AvgIpc) is 3.57. The van der Waals surface area contributed by atoms with E-state index in [2.05, 4.69) is 103 Å². The van der Waals surface area contributed by atoms with E-state index in [1.54, 1.807) is 7.11 Å². The average molecular weight is 729 g/mol. The number of methoxy groups -OCH3 is 2. The van der Waals surface area contributed by atoms with Crippen molar-refractivity contribution in [3.05, 3.63) is 70.1 Å². The first-order valence-electron chi connectivity index (χ1n) is 15.8. The summed E-state index contributed by atoms with van der Waals surface area (Å²) < 4.78 is 28.9. The number of aromatic nitrogens is 3. The number of benzene rings is 2. The van der Waals surface area contributed by atoms with Gasteiger partial charge in [-0.15, -0.1) is 0 Å². The lowest BCUT2D eigenvalue weighted by molar-refractivity contribution is -0.134. The van der Waals surface area contributed by atoms with Crippen molar-refractivity contribution < 1.29 is 23.7 Å². The quantitative estimate of drug-likeness (QED) is 0.0528. The van der Waals surface area contributed by atoms with E-state index in [0.717, 1.165) is 62.1 Å². The van der Waals surface area contributed by atoms with Crippen LogP contribution in [0.5, 0.6) is 5.75 Å². The first-order chi connectivity index (χ1) is 21.6. The van der Waals surface area contributed by atoms with Gasteiger partial charge in [0.2, 0.25) is 0 Å². The molecule has 0 bridgehead atoms. The zero-order valence-corrected chi connectivity index (χ0v) is 32.7. The highest BCUT2D eigenvalue weighted by molar-refractivity contribution is 9.10. The molecule has 0 aliphatic rings. The lowest BCUT2D eigenvalue weighted by Crippen LogP contribution is -2.28. The standard InChI is InChI=1S/C35H50BrN3O5Si2/c1-25-21-30(41-3)32(27-14-16-38(33(25)27)23-43-17-19-45(5,6)7)35(2,15-13-31(40)42-4)34-37-28-12-11-26(36)22-29(28)39(34)24-44-18-20-46(8,9)10/h11-16,21-22H,17-20,23-24H2,1-10H3. The second-order valence-electron chi connectivity index (χ2n) is 14.6. The Morgan fingerprint density at radius 1 is 0.978 bits per heavy atom. The van der Waals surface area contributed by atoms with Gasteiger partial charge in [-0.25, -0.2) is 9.78 Å². The van der Waals surface area contributed by atoms with Gasteiger partial charge in [0.15, 0.2) is 0 Å². The highest BCUT2D eigenvalue weighted by Gasteiger charge is 2.38. The SMILES string of the molecule is COC(=O)C=CC(C)(c1c(OC)cc(C)c2c1ccn2COCC[Si](C)(C)C)c1nc2ccc(Br)cc2n1COCC[Si](C)(C)C. The number of carbonyl (C=O) groups excluding carboxylic acids is 1. The van der Waals surface area contributed by atoms with E-state index >= 15 is 0 Å². The van der Waals surface area contributed by atoms with Crippen LogP contribution in [0.25, 0.3) is 21.9 Å². The van der Waals surface area contributed by atoms with Crippen LogP contribution >= 0.6 is 15.9 Å². The van der Waals surface area contributed by atoms with Gasteiger partial charge >= 0.3 is 5.97 Å². The van der Waals surface area contributed by atoms with Crippen LogP contribution in [0.3, 0.4) is 0 Å². The Balaban J connectivity index is 1.93. The minimum Gasteiger partial charge on any atom is -0.496 e. The van der Waals surface area contributed by atoms with Crippen molar-refractivity contribution in [3.63, 3.8) is 0 Å². The summed E-state index contributed by atoms with van der Waals surface area (Å²) in [5.41, 5.74) is 3.86. The van der Waals surface area contributed by atoms with Crippen molar-refractivity contribution in [2.24, 2.45) is 0 Å². The van der Waals surface area contributed by atoms with E-state index in [1.807, 2.05) is 18.2 Å². The molecule has 250 valence electrons. The van der Waals surface area contributed by atoms with Crippen LogP contribution in [0.2, 0.25) is 51.4 Å². The summed E-state index contributed by atoms with van der Waals surface area (Å²) in [5.74, 6) is 0.994. The van der Waals surface area contributed by atoms with E-state index in [-0.39, 0.29) is 0 Å². The lowest BCUT2D eigenvalue weighted by Gasteiger charge is -2.30. The maximum Gasteiger partial charge on any atom is 0.330 e. The van der Waals surface area contributed by atoms with E-state index in [0.29, 0.717) is 25.8 Å². The number of carbonyl (C=O) groups is 1. The second kappa shape index (κ2) is 14.6. The molecule has 46 heavy (non-hydrogen) atoms. The van der Waals surface area contributed by atoms with Crippen molar-refractivity contribution >= 4 is 60.0 Å². The number of imidazole rings is 1. The number of esters is 1. The van der Waals surface area contributed by atoms with Gasteiger partial charge in [-0.3, -0.25) is 0 Å². The van der Waals surface area contributed by atoms with Crippen LogP contribution < -0.4 is 4.74 Å². The molecular weight excluding hydrogens is 678 g/mol. The van der Waals surface area contributed by atoms with Crippen LogP contribution in [-0.2, 0) is 37.9 Å². The van der Waals surface area contributed by atoms with E-state index < -0.39 is 27.5 Å². The third kappa shape index (κ3) is 8.41. The topological polar surface area (TPSA) is 76.7 Å². The summed E-state index contributed by atoms with van der Waals surface area (Å²) >= 11 is 3.66. The molecule has 0 amide bonds. The molecule has 2 aromatic carbocycles. The second-order valence-corrected chi connectivity index (χ2v) is 26.7. The molecule has 0 fully saturated rings. The first-order valence-corrected chi connectivity index (χ1v) is 24.0. The Bertz CT molecular complexity index is 1720. The predicted molar refractivity (Wildman–Crippen MR) is 196 cm³/mol. The third-order valence-corrected chi connectivity index (χ3v) is 12.2. The smallest absolute Gasteiger partial charge is 0.330 e. The van der Waals surface area contributed by atoms with Crippen LogP contribution in [0, 0.1) is 6.92 Å². The van der Waals surface area contributed by atoms with Crippen molar-refractivity contribution in [3.8, 4) is 5.75 Å². The molecule has 2 aromatic heterocycles. The molecule has 0 N–H and O–H groups in total. The first kappa shape index (κ1) is 36.1. The number of aryl methyl sites for hydroxylation is 1. The maximum absolute atomic E-state index is 12.6. The Hall–Kier alpha value is -2.71. The number of hydrogen-bond acceptors (Lipinski definition) is 6. The van der Waals surface area contributed by atoms with Gasteiger partial charge in [0, 0.05) is 57.1 Å². The summed E-state index contributed by atoms with van der Waals surface area (Å²) in [4.78, 5) is 17.8. The monoisotopic (exact) mass is 727 g/mol. The van der Waals surface area contributed by atoms with Gasteiger partial charge in [-0.05, 0) is 61.8 Å². The molecule has 0 saturated heterocycles. The van der Waals surface area contributed by atoms with Crippen molar-refractivity contribution in [1.29, 1.82) is 0 Å². The molecule has 0 aliphatic heterocycles. The molecule has 0 spiro atoms. The molecule has 0 aliphatic carbocycles. The molecule has 4 rings (SSSR count).